The fraction of sp³-hybridized carbons (Fsp3) is 0.600. The smallest absolute Gasteiger partial charge is 0.311 e. The van der Waals surface area contributed by atoms with Crippen molar-refractivity contribution in [2.24, 2.45) is 5.92 Å². The first-order valence-corrected chi connectivity index (χ1v) is 7.67. The highest BCUT2D eigenvalue weighted by Crippen LogP contribution is 2.34. The van der Waals surface area contributed by atoms with E-state index in [1.165, 1.54) is 12.5 Å². The van der Waals surface area contributed by atoms with Gasteiger partial charge in [0, 0.05) is 11.9 Å². The van der Waals surface area contributed by atoms with Crippen LogP contribution < -0.4 is 4.74 Å². The van der Waals surface area contributed by atoms with Crippen LogP contribution in [0.15, 0.2) is 18.2 Å². The molecular formula is C15H20ClNO3. The molecule has 4 nitrogen and oxygen atoms in total. The summed E-state index contributed by atoms with van der Waals surface area (Å²) in [6.45, 7) is 2.21. The van der Waals surface area contributed by atoms with E-state index in [-0.39, 0.29) is 17.7 Å². The van der Waals surface area contributed by atoms with E-state index in [1.807, 2.05) is 0 Å². The van der Waals surface area contributed by atoms with E-state index >= 15 is 0 Å². The molecule has 110 valence electrons. The first-order valence-electron chi connectivity index (χ1n) is 7.14. The van der Waals surface area contributed by atoms with Gasteiger partial charge in [0.05, 0.1) is 11.0 Å². The van der Waals surface area contributed by atoms with Crippen molar-refractivity contribution in [3.05, 3.63) is 33.9 Å². The molecule has 5 heteroatoms. The van der Waals surface area contributed by atoms with Crippen molar-refractivity contribution >= 4 is 17.3 Å². The Hall–Kier alpha value is -1.29. The van der Waals surface area contributed by atoms with Crippen LogP contribution in [0.3, 0.4) is 0 Å². The molecule has 0 spiro atoms. The van der Waals surface area contributed by atoms with E-state index in [4.69, 9.17) is 16.3 Å². The lowest BCUT2D eigenvalue weighted by Gasteiger charge is -2.28. The van der Waals surface area contributed by atoms with E-state index in [0.29, 0.717) is 5.75 Å². The molecule has 0 N–H and O–H groups in total. The van der Waals surface area contributed by atoms with Crippen molar-refractivity contribution in [3.8, 4) is 5.75 Å². The number of rotatable bonds is 5. The van der Waals surface area contributed by atoms with Gasteiger partial charge in [-0.15, -0.1) is 11.6 Å². The minimum atomic E-state index is -0.400. The highest BCUT2D eigenvalue weighted by Gasteiger charge is 2.24. The quantitative estimate of drug-likeness (QED) is 0.450. The summed E-state index contributed by atoms with van der Waals surface area (Å²) in [6, 6.07) is 4.95. The summed E-state index contributed by atoms with van der Waals surface area (Å²) in [5.74, 6) is 1.41. The molecule has 20 heavy (non-hydrogen) atoms. The maximum atomic E-state index is 11.1. The lowest BCUT2D eigenvalue weighted by molar-refractivity contribution is -0.386. The minimum absolute atomic E-state index is 0.0146. The lowest BCUT2D eigenvalue weighted by atomic mass is 9.86. The summed E-state index contributed by atoms with van der Waals surface area (Å²) >= 11 is 5.72. The maximum absolute atomic E-state index is 11.1. The lowest BCUT2D eigenvalue weighted by Crippen LogP contribution is -2.24. The molecule has 0 saturated heterocycles. The molecule has 1 aliphatic rings. The molecule has 0 radical (unpaired) electrons. The van der Waals surface area contributed by atoms with Crippen LogP contribution in [0.1, 0.15) is 44.6 Å². The summed E-state index contributed by atoms with van der Waals surface area (Å²) in [5.41, 5.74) is 0.751. The van der Waals surface area contributed by atoms with Gasteiger partial charge in [-0.05, 0) is 43.2 Å². The van der Waals surface area contributed by atoms with Crippen LogP contribution >= 0.6 is 11.6 Å². The summed E-state index contributed by atoms with van der Waals surface area (Å²) in [4.78, 5) is 10.7. The van der Waals surface area contributed by atoms with Gasteiger partial charge in [0.15, 0.2) is 5.75 Å². The van der Waals surface area contributed by atoms with Gasteiger partial charge in [0.1, 0.15) is 0 Å². The third-order valence-corrected chi connectivity index (χ3v) is 4.35. The number of hydrogen-bond acceptors (Lipinski definition) is 3. The van der Waals surface area contributed by atoms with Gasteiger partial charge in [-0.1, -0.05) is 19.4 Å². The molecule has 2 rings (SSSR count). The molecule has 1 saturated carbocycles. The molecular weight excluding hydrogens is 278 g/mol. The Balaban J connectivity index is 2.07. The zero-order valence-corrected chi connectivity index (χ0v) is 12.4. The number of benzene rings is 1. The average molecular weight is 298 g/mol. The van der Waals surface area contributed by atoms with Gasteiger partial charge in [-0.3, -0.25) is 10.1 Å². The summed E-state index contributed by atoms with van der Waals surface area (Å²) < 4.78 is 5.86. The number of nitro benzene ring substituents is 1. The number of hydrogen-bond donors (Lipinski definition) is 0. The summed E-state index contributed by atoms with van der Waals surface area (Å²) in [5, 5.41) is 11.1. The zero-order chi connectivity index (χ0) is 14.5. The monoisotopic (exact) mass is 297 g/mol. The largest absolute Gasteiger partial charge is 0.484 e. The highest BCUT2D eigenvalue weighted by molar-refractivity contribution is 6.17. The molecule has 1 aromatic carbocycles. The van der Waals surface area contributed by atoms with Gasteiger partial charge >= 0.3 is 5.69 Å². The normalized spacial score (nSPS) is 22.5. The summed E-state index contributed by atoms with van der Waals surface area (Å²) in [6.07, 6.45) is 5.55. The SMILES string of the molecule is CCC1CCC(Oc2ccc(CCl)cc2[N+](=O)[O-])CC1. The molecule has 0 atom stereocenters. The Labute approximate surface area is 124 Å². The molecule has 0 aromatic heterocycles. The van der Waals surface area contributed by atoms with Crippen LogP contribution in [-0.2, 0) is 5.88 Å². The second kappa shape index (κ2) is 6.93. The third-order valence-electron chi connectivity index (χ3n) is 4.04. The third kappa shape index (κ3) is 3.63. The van der Waals surface area contributed by atoms with Gasteiger partial charge in [0.2, 0.25) is 0 Å². The highest BCUT2D eigenvalue weighted by atomic mass is 35.5. The second-order valence-corrected chi connectivity index (χ2v) is 5.63. The standard InChI is InChI=1S/C15H20ClNO3/c1-2-11-3-6-13(7-4-11)20-15-8-5-12(10-16)9-14(15)17(18)19/h5,8-9,11,13H,2-4,6-7,10H2,1H3. The van der Waals surface area contributed by atoms with E-state index in [0.717, 1.165) is 37.2 Å². The van der Waals surface area contributed by atoms with E-state index in [1.54, 1.807) is 12.1 Å². The molecule has 0 amide bonds. The maximum Gasteiger partial charge on any atom is 0.311 e. The van der Waals surface area contributed by atoms with Crippen LogP contribution in [-0.4, -0.2) is 11.0 Å². The van der Waals surface area contributed by atoms with Crippen LogP contribution in [0.4, 0.5) is 5.69 Å². The van der Waals surface area contributed by atoms with Crippen LogP contribution in [0.2, 0.25) is 0 Å². The fourth-order valence-electron chi connectivity index (χ4n) is 2.73. The number of halogens is 1. The fourth-order valence-corrected chi connectivity index (χ4v) is 2.89. The number of nitro groups is 1. The molecule has 0 aliphatic heterocycles. The van der Waals surface area contributed by atoms with Crippen molar-refractivity contribution in [1.29, 1.82) is 0 Å². The Bertz CT molecular complexity index is 470. The summed E-state index contributed by atoms with van der Waals surface area (Å²) in [7, 11) is 0. The number of alkyl halides is 1. The topological polar surface area (TPSA) is 52.4 Å². The molecule has 1 fully saturated rings. The van der Waals surface area contributed by atoms with Crippen molar-refractivity contribution in [2.45, 2.75) is 51.0 Å². The van der Waals surface area contributed by atoms with Gasteiger partial charge in [-0.2, -0.15) is 0 Å². The van der Waals surface area contributed by atoms with E-state index in [2.05, 4.69) is 6.92 Å². The number of nitrogens with zero attached hydrogens (tertiary/aromatic N) is 1. The zero-order valence-electron chi connectivity index (χ0n) is 11.7. The minimum Gasteiger partial charge on any atom is -0.484 e. The Morgan fingerprint density at radius 2 is 2.05 bits per heavy atom. The Morgan fingerprint density at radius 1 is 1.35 bits per heavy atom. The predicted octanol–water partition coefficient (Wildman–Crippen LogP) is 4.68. The first kappa shape index (κ1) is 15.1. The Kier molecular flexibility index (Phi) is 5.24. The number of ether oxygens (including phenoxy) is 1. The van der Waals surface area contributed by atoms with E-state index in [9.17, 15) is 10.1 Å². The molecule has 1 aromatic rings. The van der Waals surface area contributed by atoms with Gasteiger partial charge in [0.25, 0.3) is 0 Å². The Morgan fingerprint density at radius 3 is 2.60 bits per heavy atom. The van der Waals surface area contributed by atoms with Gasteiger partial charge in [-0.25, -0.2) is 0 Å². The van der Waals surface area contributed by atoms with E-state index < -0.39 is 4.92 Å². The first-order chi connectivity index (χ1) is 9.63. The van der Waals surface area contributed by atoms with Crippen molar-refractivity contribution in [2.75, 3.05) is 0 Å². The van der Waals surface area contributed by atoms with Crippen LogP contribution in [0.5, 0.6) is 5.75 Å². The molecule has 0 unspecified atom stereocenters. The van der Waals surface area contributed by atoms with Crippen LogP contribution in [0, 0.1) is 16.0 Å². The van der Waals surface area contributed by atoms with Crippen molar-refractivity contribution in [3.63, 3.8) is 0 Å². The van der Waals surface area contributed by atoms with Crippen molar-refractivity contribution in [1.82, 2.24) is 0 Å². The molecule has 0 bridgehead atoms. The van der Waals surface area contributed by atoms with Crippen molar-refractivity contribution < 1.29 is 9.66 Å². The molecule has 0 heterocycles. The second-order valence-electron chi connectivity index (χ2n) is 5.36. The predicted molar refractivity (Wildman–Crippen MR) is 79.3 cm³/mol. The average Bonchev–Trinajstić information content (AvgIpc) is 2.48. The van der Waals surface area contributed by atoms with Gasteiger partial charge < -0.3 is 4.74 Å². The van der Waals surface area contributed by atoms with Crippen LogP contribution in [0.25, 0.3) is 0 Å². The molecule has 1 aliphatic carbocycles.